The number of benzene rings is 2. The van der Waals surface area contributed by atoms with Crippen LogP contribution < -0.4 is 10.9 Å². The normalized spacial score (nSPS) is 15.0. The van der Waals surface area contributed by atoms with Crippen LogP contribution in [0.4, 0.5) is 0 Å². The largest absolute Gasteiger partial charge is 0.395 e. The van der Waals surface area contributed by atoms with Crippen molar-refractivity contribution in [1.29, 1.82) is 0 Å². The fourth-order valence-corrected chi connectivity index (χ4v) is 6.51. The van der Waals surface area contributed by atoms with Crippen LogP contribution in [0.1, 0.15) is 54.9 Å². The number of rotatable bonds is 8. The van der Waals surface area contributed by atoms with Gasteiger partial charge in [-0.1, -0.05) is 61.4 Å². The Bertz CT molecular complexity index is 1700. The number of aromatic nitrogens is 2. The molecule has 1 aliphatic rings. The molecule has 1 saturated heterocycles. The van der Waals surface area contributed by atoms with Crippen molar-refractivity contribution in [1.82, 2.24) is 19.8 Å². The first kappa shape index (κ1) is 30.9. The average molecular weight is 617 g/mol. The lowest BCUT2D eigenvalue weighted by Crippen LogP contribution is -2.54. The van der Waals surface area contributed by atoms with Crippen LogP contribution in [0.15, 0.2) is 64.3 Å². The van der Waals surface area contributed by atoms with Gasteiger partial charge in [0.15, 0.2) is 0 Å². The predicted molar refractivity (Wildman–Crippen MR) is 176 cm³/mol. The number of piperazine rings is 1. The maximum Gasteiger partial charge on any atom is 0.265 e. The second kappa shape index (κ2) is 13.4. The second-order valence-electron chi connectivity index (χ2n) is 11.0. The number of pyridine rings is 1. The zero-order chi connectivity index (χ0) is 30.7. The van der Waals surface area contributed by atoms with Gasteiger partial charge in [-0.3, -0.25) is 14.2 Å². The summed E-state index contributed by atoms with van der Waals surface area (Å²) in [7, 11) is 0. The van der Waals surface area contributed by atoms with Gasteiger partial charge in [-0.15, -0.1) is 11.3 Å². The number of aliphatic hydroxyl groups is 1. The molecule has 0 radical (unpaired) electrons. The second-order valence-corrected chi connectivity index (χ2v) is 12.3. The molecule has 1 amide bonds. The topological polar surface area (TPSA) is 87.5 Å². The molecule has 1 atom stereocenters. The zero-order valence-electron chi connectivity index (χ0n) is 25.0. The average Bonchev–Trinajstić information content (AvgIpc) is 3.51. The molecule has 1 unspecified atom stereocenters. The van der Waals surface area contributed by atoms with E-state index in [0.717, 1.165) is 46.5 Å². The lowest BCUT2D eigenvalue weighted by molar-refractivity contribution is 0.0670. The molecule has 9 heteroatoms. The van der Waals surface area contributed by atoms with Gasteiger partial charge < -0.3 is 15.3 Å². The van der Waals surface area contributed by atoms with Crippen LogP contribution in [0, 0.1) is 0 Å². The van der Waals surface area contributed by atoms with Gasteiger partial charge in [-0.2, -0.15) is 0 Å². The van der Waals surface area contributed by atoms with E-state index >= 15 is 0 Å². The first-order valence-electron chi connectivity index (χ1n) is 14.7. The van der Waals surface area contributed by atoms with Crippen molar-refractivity contribution in [2.45, 2.75) is 46.6 Å². The summed E-state index contributed by atoms with van der Waals surface area (Å²) in [5, 5.41) is 16.2. The van der Waals surface area contributed by atoms with Crippen molar-refractivity contribution in [3.63, 3.8) is 0 Å². The fraction of sp³-hybridized carbons (Fsp3) is 0.324. The smallest absolute Gasteiger partial charge is 0.265 e. The molecule has 0 aliphatic carbocycles. The van der Waals surface area contributed by atoms with E-state index in [0.29, 0.717) is 46.5 Å². The number of halogens is 1. The molecule has 2 aromatic heterocycles. The Morgan fingerprint density at radius 1 is 1.14 bits per heavy atom. The van der Waals surface area contributed by atoms with Gasteiger partial charge in [-0.25, -0.2) is 4.98 Å². The van der Waals surface area contributed by atoms with Crippen LogP contribution in [0.5, 0.6) is 0 Å². The van der Waals surface area contributed by atoms with Crippen LogP contribution in [-0.2, 0) is 12.8 Å². The summed E-state index contributed by atoms with van der Waals surface area (Å²) < 4.78 is 1.74. The lowest BCUT2D eigenvalue weighted by Gasteiger charge is -2.33. The first-order valence-corrected chi connectivity index (χ1v) is 15.9. The van der Waals surface area contributed by atoms with E-state index in [-0.39, 0.29) is 24.1 Å². The maximum absolute atomic E-state index is 14.7. The molecule has 0 saturated carbocycles. The number of carbonyl (C=O) groups is 1. The zero-order valence-corrected chi connectivity index (χ0v) is 26.6. The molecular formula is C34H37ClN4O3S. The van der Waals surface area contributed by atoms with Crippen molar-refractivity contribution in [2.24, 2.45) is 0 Å². The highest BCUT2D eigenvalue weighted by molar-refractivity contribution is 7.13. The summed E-state index contributed by atoms with van der Waals surface area (Å²) in [6.07, 6.45) is 3.38. The van der Waals surface area contributed by atoms with E-state index in [1.165, 1.54) is 11.3 Å². The summed E-state index contributed by atoms with van der Waals surface area (Å²) in [5.41, 5.74) is 6.64. The molecule has 7 nitrogen and oxygen atoms in total. The standard InChI is InChI=1S/C34H37ClN4O3S/c1-5-22-8-7-9-23(6-2)31(22)39-30(16-21(3)4)27(33(41)38-15-14-36-26(18-38)19-40)17-28(34(39)42)32-37-29(20-43-32)24-10-12-25(35)13-11-24/h7-13,16-17,20,26,36,40H,5-6,14-15,18-19H2,1-4H3. The minimum atomic E-state index is -0.217. The minimum absolute atomic E-state index is 0.0638. The summed E-state index contributed by atoms with van der Waals surface area (Å²) in [5.74, 6) is -0.177. The van der Waals surface area contributed by atoms with Crippen molar-refractivity contribution in [3.8, 4) is 27.5 Å². The van der Waals surface area contributed by atoms with Crippen molar-refractivity contribution < 1.29 is 9.90 Å². The number of aliphatic hydroxyl groups excluding tert-OH is 1. The SMILES string of the molecule is CCc1cccc(CC)c1-n1c(C=C(C)C)c(C(=O)N2CCNC(CO)C2)cc(-c2nc(-c3ccc(Cl)cc3)cs2)c1=O. The van der Waals surface area contributed by atoms with E-state index in [4.69, 9.17) is 16.6 Å². The Hall–Kier alpha value is -3.56. The molecule has 43 heavy (non-hydrogen) atoms. The number of hydrogen-bond acceptors (Lipinski definition) is 6. The summed E-state index contributed by atoms with van der Waals surface area (Å²) >= 11 is 7.48. The predicted octanol–water partition coefficient (Wildman–Crippen LogP) is 6.24. The van der Waals surface area contributed by atoms with Gasteiger partial charge in [0, 0.05) is 41.6 Å². The van der Waals surface area contributed by atoms with Gasteiger partial charge in [0.2, 0.25) is 0 Å². The van der Waals surface area contributed by atoms with Gasteiger partial charge in [0.05, 0.1) is 34.8 Å². The van der Waals surface area contributed by atoms with E-state index in [2.05, 4.69) is 19.2 Å². The Labute approximate surface area is 261 Å². The lowest BCUT2D eigenvalue weighted by atomic mass is 9.99. The van der Waals surface area contributed by atoms with E-state index < -0.39 is 0 Å². The number of nitrogens with one attached hydrogen (secondary N) is 1. The molecule has 0 spiro atoms. The summed E-state index contributed by atoms with van der Waals surface area (Å²) in [4.78, 5) is 35.6. The molecular weight excluding hydrogens is 580 g/mol. The molecule has 2 N–H and O–H groups in total. The van der Waals surface area contributed by atoms with Crippen LogP contribution in [0.3, 0.4) is 0 Å². The Balaban J connectivity index is 1.80. The molecule has 4 aromatic rings. The molecule has 1 aliphatic heterocycles. The van der Waals surface area contributed by atoms with Gasteiger partial charge in [-0.05, 0) is 62.1 Å². The highest BCUT2D eigenvalue weighted by atomic mass is 35.5. The minimum Gasteiger partial charge on any atom is -0.395 e. The molecule has 3 heterocycles. The fourth-order valence-electron chi connectivity index (χ4n) is 5.55. The number of thiazole rings is 1. The summed E-state index contributed by atoms with van der Waals surface area (Å²) in [6, 6.07) is 15.1. The molecule has 1 fully saturated rings. The van der Waals surface area contributed by atoms with Crippen LogP contribution in [0.2, 0.25) is 5.02 Å². The molecule has 5 rings (SSSR count). The van der Waals surface area contributed by atoms with Crippen molar-refractivity contribution in [3.05, 3.63) is 97.2 Å². The highest BCUT2D eigenvalue weighted by Gasteiger charge is 2.29. The molecule has 2 aromatic carbocycles. The van der Waals surface area contributed by atoms with Gasteiger partial charge in [0.1, 0.15) is 5.01 Å². The van der Waals surface area contributed by atoms with Crippen LogP contribution in [-0.4, -0.2) is 57.7 Å². The van der Waals surface area contributed by atoms with Crippen molar-refractivity contribution >= 4 is 34.9 Å². The maximum atomic E-state index is 14.7. The van der Waals surface area contributed by atoms with E-state index in [1.807, 2.05) is 67.8 Å². The monoisotopic (exact) mass is 616 g/mol. The first-order chi connectivity index (χ1) is 20.7. The Morgan fingerprint density at radius 3 is 2.47 bits per heavy atom. The number of hydrogen-bond donors (Lipinski definition) is 2. The highest BCUT2D eigenvalue weighted by Crippen LogP contribution is 2.32. The number of nitrogens with zero attached hydrogens (tertiary/aromatic N) is 3. The van der Waals surface area contributed by atoms with Crippen molar-refractivity contribution in [2.75, 3.05) is 26.2 Å². The Morgan fingerprint density at radius 2 is 1.84 bits per heavy atom. The number of amides is 1. The number of allylic oxidation sites excluding steroid dienone is 1. The van der Waals surface area contributed by atoms with E-state index in [1.54, 1.807) is 15.5 Å². The van der Waals surface area contributed by atoms with Crippen LogP contribution >= 0.6 is 22.9 Å². The molecule has 0 bridgehead atoms. The quantitative estimate of drug-likeness (QED) is 0.245. The third kappa shape index (κ3) is 6.38. The number of aryl methyl sites for hydroxylation is 2. The molecule has 224 valence electrons. The van der Waals surface area contributed by atoms with Crippen LogP contribution in [0.25, 0.3) is 33.6 Å². The number of carbonyl (C=O) groups excluding carboxylic acids is 1. The van der Waals surface area contributed by atoms with Gasteiger partial charge >= 0.3 is 0 Å². The Kier molecular flexibility index (Phi) is 9.62. The number of para-hydroxylation sites is 1. The van der Waals surface area contributed by atoms with E-state index in [9.17, 15) is 14.7 Å². The third-order valence-corrected chi connectivity index (χ3v) is 8.85. The van der Waals surface area contributed by atoms with Gasteiger partial charge in [0.25, 0.3) is 11.5 Å². The summed E-state index contributed by atoms with van der Waals surface area (Å²) in [6.45, 7) is 9.49. The third-order valence-electron chi connectivity index (χ3n) is 7.72.